The number of nitro benzene ring substituents is 1. The van der Waals surface area contributed by atoms with E-state index in [1.165, 1.54) is 42.9 Å². The minimum atomic E-state index is -4.69. The smallest absolute Gasteiger partial charge is 0.297 e. The maximum absolute atomic E-state index is 14.8. The molecule has 1 spiro atoms. The Hall–Kier alpha value is -5.95. The van der Waals surface area contributed by atoms with E-state index < -0.39 is 37.5 Å². The van der Waals surface area contributed by atoms with Crippen LogP contribution in [0.4, 0.5) is 28.4 Å². The lowest BCUT2D eigenvalue weighted by molar-refractivity contribution is -0.384. The zero-order valence-corrected chi connectivity index (χ0v) is 41.3. The van der Waals surface area contributed by atoms with E-state index in [0.29, 0.717) is 53.6 Å². The second-order valence-electron chi connectivity index (χ2n) is 21.4. The minimum Gasteiger partial charge on any atom is -0.489 e. The number of aromatic nitrogens is 2. The van der Waals surface area contributed by atoms with Crippen LogP contribution in [0.25, 0.3) is 11.0 Å². The molecular weight excluding hydrogens is 925 g/mol. The number of methoxy groups -OCH3 is 1. The van der Waals surface area contributed by atoms with Gasteiger partial charge >= 0.3 is 0 Å². The number of likely N-dealkylation sites (tertiary alicyclic amines) is 1. The van der Waals surface area contributed by atoms with E-state index in [2.05, 4.69) is 62.9 Å². The third-order valence-electron chi connectivity index (χ3n) is 17.3. The number of nitrogens with zero attached hydrogens (tertiary/aromatic N) is 5. The molecule has 5 aliphatic heterocycles. The molecule has 17 nitrogen and oxygen atoms in total. The summed E-state index contributed by atoms with van der Waals surface area (Å²) in [4.78, 5) is 41.4. The lowest BCUT2D eigenvalue weighted by Gasteiger charge is -2.56. The lowest BCUT2D eigenvalue weighted by Crippen LogP contribution is -2.55. The number of carbonyl (C=O) groups is 1. The molecule has 3 saturated heterocycles. The van der Waals surface area contributed by atoms with Gasteiger partial charge in [-0.2, -0.15) is 4.98 Å². The molecule has 7 aliphatic rings. The van der Waals surface area contributed by atoms with Crippen LogP contribution in [0.15, 0.2) is 77.8 Å². The van der Waals surface area contributed by atoms with E-state index >= 15 is 0 Å². The van der Waals surface area contributed by atoms with Crippen LogP contribution < -0.4 is 29.3 Å². The predicted molar refractivity (Wildman–Crippen MR) is 268 cm³/mol. The van der Waals surface area contributed by atoms with Gasteiger partial charge in [-0.1, -0.05) is 24.3 Å². The van der Waals surface area contributed by atoms with Crippen LogP contribution >= 0.6 is 0 Å². The number of nitrogens with one attached hydrogen (secondary N) is 3. The minimum absolute atomic E-state index is 0.0369. The van der Waals surface area contributed by atoms with Crippen molar-refractivity contribution in [2.75, 3.05) is 61.7 Å². The molecule has 5 fully saturated rings. The largest absolute Gasteiger partial charge is 0.489 e. The number of carbonyl (C=O) groups excluding carboxylic acids is 1. The van der Waals surface area contributed by atoms with Crippen LogP contribution in [0.5, 0.6) is 11.6 Å². The quantitative estimate of drug-likeness (QED) is 0.0890. The number of benzene rings is 3. The molecule has 0 unspecified atom stereocenters. The molecule has 2 saturated carbocycles. The van der Waals surface area contributed by atoms with E-state index in [1.807, 2.05) is 35.4 Å². The van der Waals surface area contributed by atoms with Crippen LogP contribution in [-0.2, 0) is 19.5 Å². The molecule has 374 valence electrons. The van der Waals surface area contributed by atoms with Gasteiger partial charge in [-0.3, -0.25) is 19.8 Å². The Morgan fingerprint density at radius 2 is 1.76 bits per heavy atom. The number of hydrogen-bond donors (Lipinski definition) is 3. The van der Waals surface area contributed by atoms with Gasteiger partial charge in [-0.05, 0) is 137 Å². The normalized spacial score (nSPS) is 27.2. The molecular formula is C53H62N8O9S. The van der Waals surface area contributed by atoms with Gasteiger partial charge in [0.2, 0.25) is 5.88 Å². The number of rotatable bonds is 10. The van der Waals surface area contributed by atoms with Crippen molar-refractivity contribution in [3.8, 4) is 11.6 Å². The summed E-state index contributed by atoms with van der Waals surface area (Å²) >= 11 is 0. The zero-order chi connectivity index (χ0) is 48.8. The highest BCUT2D eigenvalue weighted by atomic mass is 32.2. The molecule has 71 heavy (non-hydrogen) atoms. The maximum Gasteiger partial charge on any atom is 0.297 e. The number of aryl methyl sites for hydroxylation is 1. The van der Waals surface area contributed by atoms with Gasteiger partial charge in [-0.25, -0.2) is 13.1 Å². The van der Waals surface area contributed by atoms with Crippen molar-refractivity contribution in [1.29, 1.82) is 0 Å². The summed E-state index contributed by atoms with van der Waals surface area (Å²) in [6.07, 6.45) is 11.7. The van der Waals surface area contributed by atoms with E-state index in [0.717, 1.165) is 75.3 Å². The van der Waals surface area contributed by atoms with Gasteiger partial charge < -0.3 is 39.0 Å². The van der Waals surface area contributed by atoms with Crippen LogP contribution in [-0.4, -0.2) is 111 Å². The summed E-state index contributed by atoms with van der Waals surface area (Å²) < 4.78 is 55.3. The topological polar surface area (TPSA) is 194 Å². The second kappa shape index (κ2) is 17.7. The molecule has 4 atom stereocenters. The number of hydrogen-bond acceptors (Lipinski definition) is 14. The van der Waals surface area contributed by atoms with Gasteiger partial charge in [0, 0.05) is 61.7 Å². The van der Waals surface area contributed by atoms with E-state index in [1.54, 1.807) is 13.2 Å². The Balaban J connectivity index is 0.825. The van der Waals surface area contributed by atoms with Crippen molar-refractivity contribution in [3.05, 3.63) is 99.7 Å². The summed E-state index contributed by atoms with van der Waals surface area (Å²) in [6, 6.07) is 21.0. The average Bonchev–Trinajstić information content (AvgIpc) is 4.16. The zero-order valence-electron chi connectivity index (χ0n) is 40.5. The Morgan fingerprint density at radius 3 is 2.54 bits per heavy atom. The number of H-pyrrole nitrogens is 1. The number of nitro groups is 1. The highest BCUT2D eigenvalue weighted by Gasteiger charge is 2.50. The molecule has 7 heterocycles. The molecule has 3 N–H and O–H groups in total. The molecule has 0 bridgehead atoms. The number of fused-ring (bicyclic) bond motifs is 4. The summed E-state index contributed by atoms with van der Waals surface area (Å²) in [5.74, 6) is -0.305. The summed E-state index contributed by atoms with van der Waals surface area (Å²) in [5, 5.41) is 16.8. The monoisotopic (exact) mass is 986 g/mol. The fourth-order valence-corrected chi connectivity index (χ4v) is 14.1. The number of amides is 1. The molecule has 18 heteroatoms. The van der Waals surface area contributed by atoms with Gasteiger partial charge in [0.25, 0.3) is 21.6 Å². The van der Waals surface area contributed by atoms with Gasteiger partial charge in [-0.15, -0.1) is 0 Å². The first-order valence-electron chi connectivity index (χ1n) is 25.3. The Kier molecular flexibility index (Phi) is 11.5. The predicted octanol–water partition coefficient (Wildman–Crippen LogP) is 8.55. The average molecular weight is 987 g/mol. The van der Waals surface area contributed by atoms with Crippen molar-refractivity contribution in [2.45, 2.75) is 119 Å². The number of pyridine rings is 1. The number of aromatic amines is 1. The maximum atomic E-state index is 14.8. The first kappa shape index (κ1) is 46.1. The number of sulfonamides is 1. The molecule has 0 radical (unpaired) electrons. The third-order valence-corrected chi connectivity index (χ3v) is 18.7. The van der Waals surface area contributed by atoms with Crippen molar-refractivity contribution >= 4 is 55.4 Å². The lowest BCUT2D eigenvalue weighted by atomic mass is 9.59. The fraction of sp³-hybridized carbons (Fsp3) is 0.509. The first-order chi connectivity index (χ1) is 34.3. The summed E-state index contributed by atoms with van der Waals surface area (Å²) in [5.41, 5.74) is 5.34. The van der Waals surface area contributed by atoms with Crippen molar-refractivity contribution < 1.29 is 37.1 Å². The third kappa shape index (κ3) is 8.23. The molecule has 2 aromatic heterocycles. The van der Waals surface area contributed by atoms with Crippen LogP contribution in [0, 0.1) is 28.4 Å². The number of anilines is 4. The van der Waals surface area contributed by atoms with Gasteiger partial charge in [0.05, 0.1) is 52.0 Å². The molecule has 12 rings (SSSR count). The van der Waals surface area contributed by atoms with E-state index in [4.69, 9.17) is 23.9 Å². The molecule has 3 aromatic carbocycles. The number of ether oxygens (including phenoxy) is 4. The molecule has 5 aromatic rings. The first-order valence-corrected chi connectivity index (χ1v) is 26.8. The Labute approximate surface area is 413 Å². The molecule has 2 aliphatic carbocycles. The van der Waals surface area contributed by atoms with Crippen molar-refractivity contribution in [2.24, 2.45) is 11.3 Å². The van der Waals surface area contributed by atoms with E-state index in [-0.39, 0.29) is 47.2 Å². The Bertz CT molecular complexity index is 3010. The van der Waals surface area contributed by atoms with Crippen LogP contribution in [0.1, 0.15) is 98.7 Å². The van der Waals surface area contributed by atoms with Gasteiger partial charge in [0.1, 0.15) is 24.0 Å². The standard InChI is InChI=1S/C53H62N8O9S/c1-32-7-4-5-8-38(32)41-9-6-20-59(41)36-27-53(28-36)17-21-58(22-18-53)35-10-11-39(42(24-35)60-44-23-34-14-19-54-49(34)56-51(44)70-47-31-68-30-45(47)60)50(62)57-71(65,66)37-25-43(61(63)64)48-46(26-37)69-29-40(55-48)33-12-15-52(2,67-3)16-13-33/h4-5,7-8,10-11,14,19,23-26,33,36,40-41,45,47,55H,6,9,12-13,15-18,20-22,27-31H2,1-3H3,(H,54,56)(H,57,62)/t33?,40-,41-,45+,47+,52?/m0/s1. The van der Waals surface area contributed by atoms with Crippen LogP contribution in [0.3, 0.4) is 0 Å². The number of piperidine rings is 1. The van der Waals surface area contributed by atoms with E-state index in [9.17, 15) is 23.3 Å². The summed E-state index contributed by atoms with van der Waals surface area (Å²) in [7, 11) is -2.97. The highest BCUT2D eigenvalue weighted by Crippen LogP contribution is 2.55. The highest BCUT2D eigenvalue weighted by molar-refractivity contribution is 7.90. The van der Waals surface area contributed by atoms with Crippen molar-refractivity contribution in [1.82, 2.24) is 19.6 Å². The Morgan fingerprint density at radius 1 is 0.958 bits per heavy atom. The molecule has 1 amide bonds. The summed E-state index contributed by atoms with van der Waals surface area (Å²) in [6.45, 7) is 7.97. The SMILES string of the molecule is COC1(C)CCC([C@@H]2COc3cc(S(=O)(=O)NC(=O)c4ccc(N5CCC6(CC5)CC(N5CCC[C@H]5c5ccccc5C)C6)cc4N4c5cc6cc[nH]c6nc5O[C@@H]5COC[C@H]54)cc([N+](=O)[O-])c3N2)CC1. The fourth-order valence-electron chi connectivity index (χ4n) is 13.1. The van der Waals surface area contributed by atoms with Gasteiger partial charge in [0.15, 0.2) is 11.4 Å². The second-order valence-corrected chi connectivity index (χ2v) is 23.1. The van der Waals surface area contributed by atoms with Crippen LogP contribution in [0.2, 0.25) is 0 Å². The van der Waals surface area contributed by atoms with Crippen molar-refractivity contribution in [3.63, 3.8) is 0 Å².